The summed E-state index contributed by atoms with van der Waals surface area (Å²) in [6, 6.07) is 6.70. The minimum Gasteiger partial charge on any atom is -0.391 e. The summed E-state index contributed by atoms with van der Waals surface area (Å²) in [5.74, 6) is 0.768. The van der Waals surface area contributed by atoms with E-state index in [-0.39, 0.29) is 6.10 Å². The van der Waals surface area contributed by atoms with Gasteiger partial charge in [0, 0.05) is 16.0 Å². The number of hydrogen-bond donors (Lipinski definition) is 1. The fraction of sp³-hybridized carbons (Fsp3) is 0.500. The van der Waals surface area contributed by atoms with Gasteiger partial charge in [0.1, 0.15) is 0 Å². The Morgan fingerprint density at radius 2 is 2.13 bits per heavy atom. The number of alkyl halides is 1. The van der Waals surface area contributed by atoms with Crippen molar-refractivity contribution < 1.29 is 5.11 Å². The molecule has 1 aromatic carbocycles. The van der Waals surface area contributed by atoms with Crippen molar-refractivity contribution in [1.29, 1.82) is 0 Å². The molecule has 1 aliphatic rings. The fourth-order valence-corrected chi connectivity index (χ4v) is 3.30. The van der Waals surface area contributed by atoms with E-state index in [1.165, 1.54) is 35.3 Å². The molecular weight excluding hydrogens is 272 g/mol. The van der Waals surface area contributed by atoms with E-state index in [1.807, 2.05) is 0 Å². The minimum atomic E-state index is -0.247. The van der Waals surface area contributed by atoms with Crippen LogP contribution in [0.5, 0.6) is 0 Å². The van der Waals surface area contributed by atoms with E-state index >= 15 is 0 Å². The monoisotopic (exact) mass is 286 g/mol. The molecule has 1 aromatic rings. The normalized spacial score (nSPS) is 16.4. The highest BCUT2D eigenvalue weighted by Crippen LogP contribution is 2.27. The molecule has 1 unspecified atom stereocenters. The van der Waals surface area contributed by atoms with Crippen molar-refractivity contribution >= 4 is 27.7 Å². The molecule has 1 atom stereocenters. The highest BCUT2D eigenvalue weighted by atomic mass is 79.9. The molecule has 0 radical (unpaired) electrons. The van der Waals surface area contributed by atoms with Crippen LogP contribution in [0.15, 0.2) is 23.1 Å². The third-order valence-corrected chi connectivity index (χ3v) is 4.58. The molecule has 15 heavy (non-hydrogen) atoms. The second kappa shape index (κ2) is 5.37. The lowest BCUT2D eigenvalue weighted by atomic mass is 10.1. The highest BCUT2D eigenvalue weighted by Gasteiger charge is 2.11. The zero-order valence-corrected chi connectivity index (χ0v) is 11.0. The van der Waals surface area contributed by atoms with Gasteiger partial charge in [-0.25, -0.2) is 0 Å². The lowest BCUT2D eigenvalue weighted by Gasteiger charge is -2.07. The van der Waals surface area contributed by atoms with E-state index in [2.05, 4.69) is 34.1 Å². The lowest BCUT2D eigenvalue weighted by molar-refractivity contribution is 0.226. The van der Waals surface area contributed by atoms with Gasteiger partial charge < -0.3 is 5.11 Å². The van der Waals surface area contributed by atoms with E-state index in [4.69, 9.17) is 0 Å². The average Bonchev–Trinajstić information content (AvgIpc) is 2.72. The van der Waals surface area contributed by atoms with Crippen LogP contribution >= 0.6 is 27.7 Å². The molecule has 0 aliphatic heterocycles. The van der Waals surface area contributed by atoms with Gasteiger partial charge in [0.2, 0.25) is 0 Å². The zero-order valence-electron chi connectivity index (χ0n) is 8.58. The van der Waals surface area contributed by atoms with Gasteiger partial charge in [-0.1, -0.05) is 22.0 Å². The second-order valence-corrected chi connectivity index (χ2v) is 5.64. The van der Waals surface area contributed by atoms with Crippen molar-refractivity contribution in [3.8, 4) is 0 Å². The van der Waals surface area contributed by atoms with Crippen LogP contribution in [-0.2, 0) is 12.8 Å². The Kier molecular flexibility index (Phi) is 4.12. The molecule has 0 aromatic heterocycles. The molecule has 3 heteroatoms. The van der Waals surface area contributed by atoms with E-state index < -0.39 is 0 Å². The number of benzene rings is 1. The first-order valence-corrected chi connectivity index (χ1v) is 7.39. The maximum Gasteiger partial charge on any atom is 0.0730 e. The Bertz CT molecular complexity index is 340. The van der Waals surface area contributed by atoms with Crippen molar-refractivity contribution in [2.45, 2.75) is 30.3 Å². The predicted octanol–water partition coefficient (Wildman–Crippen LogP) is 3.02. The summed E-state index contributed by atoms with van der Waals surface area (Å²) in [6.45, 7) is 0. The number of halogens is 1. The van der Waals surface area contributed by atoms with Crippen LogP contribution in [0.2, 0.25) is 0 Å². The van der Waals surface area contributed by atoms with Gasteiger partial charge in [-0.05, 0) is 42.5 Å². The molecule has 0 bridgehead atoms. The third kappa shape index (κ3) is 2.99. The quantitative estimate of drug-likeness (QED) is 0.678. The Morgan fingerprint density at radius 1 is 1.33 bits per heavy atom. The largest absolute Gasteiger partial charge is 0.391 e. The molecule has 0 saturated heterocycles. The first-order valence-electron chi connectivity index (χ1n) is 5.28. The minimum absolute atomic E-state index is 0.247. The molecule has 1 N–H and O–H groups in total. The zero-order chi connectivity index (χ0) is 10.7. The number of thioether (sulfide) groups is 1. The van der Waals surface area contributed by atoms with Crippen LogP contribution in [-0.4, -0.2) is 22.3 Å². The number of aliphatic hydroxyl groups excluding tert-OH is 1. The Labute approximate surface area is 103 Å². The lowest BCUT2D eigenvalue weighted by Crippen LogP contribution is -2.10. The van der Waals surface area contributed by atoms with Crippen LogP contribution in [0.3, 0.4) is 0 Å². The summed E-state index contributed by atoms with van der Waals surface area (Å²) in [5, 5.41) is 10.1. The van der Waals surface area contributed by atoms with Crippen LogP contribution in [0.25, 0.3) is 0 Å². The summed E-state index contributed by atoms with van der Waals surface area (Å²) < 4.78 is 0. The summed E-state index contributed by atoms with van der Waals surface area (Å²) in [6.07, 6.45) is 3.52. The molecule has 0 fully saturated rings. The SMILES string of the molecule is OC(CBr)CSc1ccc2c(c1)CCC2. The maximum absolute atomic E-state index is 9.44. The van der Waals surface area contributed by atoms with Crippen molar-refractivity contribution in [2.75, 3.05) is 11.1 Å². The molecule has 1 nitrogen and oxygen atoms in total. The van der Waals surface area contributed by atoms with Crippen LogP contribution in [0, 0.1) is 0 Å². The Hall–Kier alpha value is 0.0100. The molecule has 0 spiro atoms. The predicted molar refractivity (Wildman–Crippen MR) is 69.0 cm³/mol. The van der Waals surface area contributed by atoms with Gasteiger partial charge in [-0.3, -0.25) is 0 Å². The van der Waals surface area contributed by atoms with Crippen LogP contribution < -0.4 is 0 Å². The topological polar surface area (TPSA) is 20.2 Å². The van der Waals surface area contributed by atoms with Crippen molar-refractivity contribution in [2.24, 2.45) is 0 Å². The average molecular weight is 287 g/mol. The van der Waals surface area contributed by atoms with Gasteiger partial charge >= 0.3 is 0 Å². The molecule has 0 amide bonds. The maximum atomic E-state index is 9.44. The van der Waals surface area contributed by atoms with E-state index in [1.54, 1.807) is 11.8 Å². The van der Waals surface area contributed by atoms with Gasteiger partial charge in [0.05, 0.1) is 6.10 Å². The molecule has 0 saturated carbocycles. The van der Waals surface area contributed by atoms with E-state index in [0.717, 1.165) is 5.75 Å². The standard InChI is InChI=1S/C12H15BrOS/c13-7-11(14)8-15-12-5-4-9-2-1-3-10(9)6-12/h4-6,11,14H,1-3,7-8H2. The first-order chi connectivity index (χ1) is 7.29. The van der Waals surface area contributed by atoms with Crippen molar-refractivity contribution in [3.05, 3.63) is 29.3 Å². The number of aryl methyl sites for hydroxylation is 2. The van der Waals surface area contributed by atoms with Gasteiger partial charge in [0.15, 0.2) is 0 Å². The van der Waals surface area contributed by atoms with Crippen molar-refractivity contribution in [3.63, 3.8) is 0 Å². The van der Waals surface area contributed by atoms with Crippen molar-refractivity contribution in [1.82, 2.24) is 0 Å². The van der Waals surface area contributed by atoms with Crippen LogP contribution in [0.4, 0.5) is 0 Å². The third-order valence-electron chi connectivity index (χ3n) is 2.69. The van der Waals surface area contributed by atoms with Crippen LogP contribution in [0.1, 0.15) is 17.5 Å². The summed E-state index contributed by atoms with van der Waals surface area (Å²) in [4.78, 5) is 1.29. The summed E-state index contributed by atoms with van der Waals surface area (Å²) >= 11 is 5.01. The molecule has 1 aliphatic carbocycles. The number of rotatable bonds is 4. The number of fused-ring (bicyclic) bond motifs is 1. The van der Waals surface area contributed by atoms with Gasteiger partial charge in [-0.2, -0.15) is 0 Å². The molecular formula is C12H15BrOS. The Balaban J connectivity index is 1.98. The summed E-state index contributed by atoms with van der Waals surface area (Å²) in [5.41, 5.74) is 3.02. The highest BCUT2D eigenvalue weighted by molar-refractivity contribution is 9.09. The Morgan fingerprint density at radius 3 is 2.93 bits per heavy atom. The van der Waals surface area contributed by atoms with E-state index in [0.29, 0.717) is 5.33 Å². The molecule has 2 rings (SSSR count). The number of hydrogen-bond acceptors (Lipinski definition) is 2. The summed E-state index contributed by atoms with van der Waals surface area (Å²) in [7, 11) is 0. The second-order valence-electron chi connectivity index (χ2n) is 3.90. The van der Waals surface area contributed by atoms with E-state index in [9.17, 15) is 5.11 Å². The smallest absolute Gasteiger partial charge is 0.0730 e. The fourth-order valence-electron chi connectivity index (χ4n) is 1.87. The molecule has 0 heterocycles. The first kappa shape index (κ1) is 11.5. The number of aliphatic hydroxyl groups is 1. The molecule has 82 valence electrons. The van der Waals surface area contributed by atoms with Gasteiger partial charge in [0.25, 0.3) is 0 Å². The van der Waals surface area contributed by atoms with Gasteiger partial charge in [-0.15, -0.1) is 11.8 Å².